The molecular formula is C18H13F6N3OS. The van der Waals surface area contributed by atoms with Crippen molar-refractivity contribution in [2.75, 3.05) is 0 Å². The molecular weight excluding hydrogens is 420 g/mol. The molecule has 0 amide bonds. The molecule has 4 nitrogen and oxygen atoms in total. The predicted octanol–water partition coefficient (Wildman–Crippen LogP) is 5.98. The lowest BCUT2D eigenvalue weighted by Gasteiger charge is -2.40. The number of carbonyl (C=O) groups excluding carboxylic acids is 1. The molecule has 29 heavy (non-hydrogen) atoms. The van der Waals surface area contributed by atoms with Crippen LogP contribution in [0.15, 0.2) is 53.4 Å². The summed E-state index contributed by atoms with van der Waals surface area (Å²) in [4.78, 5) is 10.4. The number of fused-ring (bicyclic) bond motifs is 1. The van der Waals surface area contributed by atoms with Crippen molar-refractivity contribution in [1.29, 1.82) is 0 Å². The van der Waals surface area contributed by atoms with Crippen LogP contribution in [0.25, 0.3) is 5.69 Å². The molecule has 0 spiro atoms. The summed E-state index contributed by atoms with van der Waals surface area (Å²) in [6, 6.07) is 7.92. The zero-order valence-corrected chi connectivity index (χ0v) is 15.4. The van der Waals surface area contributed by atoms with Crippen molar-refractivity contribution in [3.8, 4) is 5.69 Å². The van der Waals surface area contributed by atoms with Gasteiger partial charge in [0.15, 0.2) is 11.5 Å². The standard InChI is InChI=1S/C18H13F6N3OS/c19-13-3-1-11(2-4-13)12-9-16-18(17(28)10-12)25-26-27(16)14-5-7-15(8-6-14)29(20,21,22,23)24/h1-8,12H,9-10H2. The number of Topliss-reactive ketones (excluding diaryl/α,β-unsaturated/α-hetero) is 1. The number of ketones is 1. The van der Waals surface area contributed by atoms with Crippen LogP contribution in [0, 0.1) is 5.82 Å². The van der Waals surface area contributed by atoms with Crippen LogP contribution >= 0.6 is 10.2 Å². The van der Waals surface area contributed by atoms with E-state index in [1.54, 1.807) is 12.1 Å². The fraction of sp³-hybridized carbons (Fsp3) is 0.167. The molecule has 1 aromatic heterocycles. The number of aromatic nitrogens is 3. The Bertz CT molecular complexity index is 1110. The third-order valence-corrected chi connectivity index (χ3v) is 5.93. The Morgan fingerprint density at radius 2 is 1.52 bits per heavy atom. The molecule has 2 aromatic carbocycles. The summed E-state index contributed by atoms with van der Waals surface area (Å²) in [6.07, 6.45) is 0.406. The zero-order chi connectivity index (χ0) is 21.1. The second-order valence-corrected chi connectivity index (χ2v) is 9.25. The second kappa shape index (κ2) is 5.62. The van der Waals surface area contributed by atoms with E-state index >= 15 is 0 Å². The third kappa shape index (κ3) is 3.74. The maximum absolute atomic E-state index is 13.2. The number of halogens is 6. The third-order valence-electron chi connectivity index (χ3n) is 4.77. The lowest BCUT2D eigenvalue weighted by molar-refractivity contribution is 0.0958. The van der Waals surface area contributed by atoms with Crippen molar-refractivity contribution < 1.29 is 28.6 Å². The highest BCUT2D eigenvalue weighted by molar-refractivity contribution is 8.45. The molecule has 3 aromatic rings. The van der Waals surface area contributed by atoms with E-state index in [2.05, 4.69) is 10.3 Å². The molecule has 0 fully saturated rings. The van der Waals surface area contributed by atoms with Crippen molar-refractivity contribution >= 4 is 16.0 Å². The van der Waals surface area contributed by atoms with Gasteiger partial charge in [-0.05, 0) is 54.3 Å². The summed E-state index contributed by atoms with van der Waals surface area (Å²) in [5.74, 6) is -1.03. The number of hydrogen-bond donors (Lipinski definition) is 0. The summed E-state index contributed by atoms with van der Waals surface area (Å²) in [6.45, 7) is 0. The monoisotopic (exact) mass is 433 g/mol. The van der Waals surface area contributed by atoms with Gasteiger partial charge in [-0.2, -0.15) is 0 Å². The van der Waals surface area contributed by atoms with Crippen LogP contribution in [0.3, 0.4) is 0 Å². The minimum atomic E-state index is -9.78. The smallest absolute Gasteiger partial charge is 0.292 e. The van der Waals surface area contributed by atoms with Crippen LogP contribution in [-0.4, -0.2) is 20.8 Å². The summed E-state index contributed by atoms with van der Waals surface area (Å²) >= 11 is 0. The Balaban J connectivity index is 1.71. The molecule has 1 heterocycles. The maximum atomic E-state index is 13.2. The molecule has 1 aliphatic rings. The van der Waals surface area contributed by atoms with E-state index in [0.717, 1.165) is 22.4 Å². The van der Waals surface area contributed by atoms with Gasteiger partial charge in [-0.15, -0.1) is 5.10 Å². The molecule has 0 bridgehead atoms. The molecule has 0 radical (unpaired) electrons. The predicted molar refractivity (Wildman–Crippen MR) is 94.5 cm³/mol. The average Bonchev–Trinajstić information content (AvgIpc) is 3.05. The van der Waals surface area contributed by atoms with Crippen molar-refractivity contribution in [2.24, 2.45) is 0 Å². The van der Waals surface area contributed by atoms with Gasteiger partial charge in [0.1, 0.15) is 10.7 Å². The summed E-state index contributed by atoms with van der Waals surface area (Å²) in [5.41, 5.74) is 1.22. The highest BCUT2D eigenvalue weighted by atomic mass is 32.5. The summed E-state index contributed by atoms with van der Waals surface area (Å²) in [7, 11) is -9.78. The number of rotatable bonds is 3. The van der Waals surface area contributed by atoms with E-state index in [4.69, 9.17) is 0 Å². The van der Waals surface area contributed by atoms with Crippen LogP contribution < -0.4 is 0 Å². The Morgan fingerprint density at radius 3 is 2.10 bits per heavy atom. The average molecular weight is 433 g/mol. The summed E-state index contributed by atoms with van der Waals surface area (Å²) in [5, 5.41) is 7.61. The molecule has 154 valence electrons. The largest absolute Gasteiger partial charge is 0.310 e. The van der Waals surface area contributed by atoms with Crippen molar-refractivity contribution in [3.05, 3.63) is 71.3 Å². The quantitative estimate of drug-likeness (QED) is 0.478. The van der Waals surface area contributed by atoms with E-state index < -0.39 is 20.9 Å². The number of benzene rings is 2. The Labute approximate surface area is 160 Å². The molecule has 1 unspecified atom stereocenters. The van der Waals surface area contributed by atoms with Gasteiger partial charge in [0.05, 0.1) is 11.4 Å². The van der Waals surface area contributed by atoms with E-state index in [1.165, 1.54) is 12.1 Å². The van der Waals surface area contributed by atoms with Crippen LogP contribution in [0.1, 0.15) is 34.1 Å². The van der Waals surface area contributed by atoms with Gasteiger partial charge < -0.3 is 0 Å². The normalized spacial score (nSPS) is 19.4. The first-order chi connectivity index (χ1) is 13.3. The highest BCUT2D eigenvalue weighted by Crippen LogP contribution is 3.02. The molecule has 1 aliphatic carbocycles. The minimum absolute atomic E-state index is 0.0666. The number of carbonyl (C=O) groups is 1. The molecule has 11 heteroatoms. The van der Waals surface area contributed by atoms with E-state index in [9.17, 15) is 28.6 Å². The zero-order valence-electron chi connectivity index (χ0n) is 14.5. The Hall–Kier alpha value is -2.82. The second-order valence-electron chi connectivity index (χ2n) is 6.84. The minimum Gasteiger partial charge on any atom is -0.292 e. The van der Waals surface area contributed by atoms with E-state index in [-0.39, 0.29) is 48.1 Å². The molecule has 1 atom stereocenters. The Morgan fingerprint density at radius 1 is 0.897 bits per heavy atom. The van der Waals surface area contributed by atoms with E-state index in [1.807, 2.05) is 0 Å². The van der Waals surface area contributed by atoms with Gasteiger partial charge >= 0.3 is 10.2 Å². The lowest BCUT2D eigenvalue weighted by Crippen LogP contribution is -2.20. The summed E-state index contributed by atoms with van der Waals surface area (Å²) < 4.78 is 78.9. The number of nitrogens with zero attached hydrogens (tertiary/aromatic N) is 3. The van der Waals surface area contributed by atoms with Crippen LogP contribution in [0.5, 0.6) is 0 Å². The molecule has 0 saturated heterocycles. The van der Waals surface area contributed by atoms with Gasteiger partial charge in [-0.1, -0.05) is 36.8 Å². The van der Waals surface area contributed by atoms with Crippen LogP contribution in [0.4, 0.5) is 23.8 Å². The lowest BCUT2D eigenvalue weighted by atomic mass is 9.83. The van der Waals surface area contributed by atoms with Crippen LogP contribution in [0.2, 0.25) is 0 Å². The molecule has 4 rings (SSSR count). The van der Waals surface area contributed by atoms with Gasteiger partial charge in [0.2, 0.25) is 0 Å². The van der Waals surface area contributed by atoms with Crippen molar-refractivity contribution in [2.45, 2.75) is 23.7 Å². The molecule has 0 saturated carbocycles. The first kappa shape index (κ1) is 19.5. The molecule has 0 aliphatic heterocycles. The first-order valence-corrected chi connectivity index (χ1v) is 10.3. The van der Waals surface area contributed by atoms with Crippen molar-refractivity contribution in [3.63, 3.8) is 0 Å². The van der Waals surface area contributed by atoms with Crippen LogP contribution in [-0.2, 0) is 6.42 Å². The topological polar surface area (TPSA) is 47.8 Å². The van der Waals surface area contributed by atoms with Crippen molar-refractivity contribution in [1.82, 2.24) is 15.0 Å². The van der Waals surface area contributed by atoms with Gasteiger partial charge in [-0.25, -0.2) is 9.07 Å². The highest BCUT2D eigenvalue weighted by Gasteiger charge is 2.65. The van der Waals surface area contributed by atoms with Gasteiger partial charge in [0, 0.05) is 6.42 Å². The van der Waals surface area contributed by atoms with Gasteiger partial charge in [-0.3, -0.25) is 4.79 Å². The fourth-order valence-electron chi connectivity index (χ4n) is 3.35. The maximum Gasteiger partial charge on any atom is 0.310 e. The number of hydrogen-bond acceptors (Lipinski definition) is 3. The fourth-order valence-corrected chi connectivity index (χ4v) is 4.00. The van der Waals surface area contributed by atoms with E-state index in [0.29, 0.717) is 5.69 Å². The SMILES string of the molecule is O=C1CC(c2ccc(F)cc2)Cc2c1nnn2-c1ccc(S(F)(F)(F)(F)F)cc1. The Kier molecular flexibility index (Phi) is 3.78. The van der Waals surface area contributed by atoms with Gasteiger partial charge in [0.25, 0.3) is 0 Å². The molecule has 0 N–H and O–H groups in total. The first-order valence-electron chi connectivity index (χ1n) is 8.39.